The Kier molecular flexibility index (Phi) is 4.31. The molecule has 0 aliphatic heterocycles. The Hall–Kier alpha value is -0.0800. The summed E-state index contributed by atoms with van der Waals surface area (Å²) in [5.41, 5.74) is 0.554. The van der Waals surface area contributed by atoms with Gasteiger partial charge in [-0.15, -0.1) is 0 Å². The Morgan fingerprint density at radius 2 is 1.47 bits per heavy atom. The summed E-state index contributed by atoms with van der Waals surface area (Å²) in [5, 5.41) is 13.5. The smallest absolute Gasteiger partial charge is 0.0613 e. The van der Waals surface area contributed by atoms with E-state index < -0.39 is 0 Å². The van der Waals surface area contributed by atoms with Crippen molar-refractivity contribution in [2.45, 2.75) is 66.3 Å². The first-order valence-corrected chi connectivity index (χ1v) is 6.96. The summed E-state index contributed by atoms with van der Waals surface area (Å²) in [6.45, 7) is 15.0. The van der Waals surface area contributed by atoms with Gasteiger partial charge in [0, 0.05) is 5.54 Å². The van der Waals surface area contributed by atoms with E-state index in [0.717, 1.165) is 19.4 Å². The molecule has 102 valence electrons. The van der Waals surface area contributed by atoms with Crippen LogP contribution in [-0.2, 0) is 0 Å². The zero-order valence-corrected chi connectivity index (χ0v) is 12.6. The van der Waals surface area contributed by atoms with Gasteiger partial charge in [0.05, 0.1) is 6.61 Å². The fraction of sp³-hybridized carbons (Fsp3) is 1.00. The number of hydrogen-bond acceptors (Lipinski definition) is 2. The van der Waals surface area contributed by atoms with E-state index in [0.29, 0.717) is 16.7 Å². The predicted molar refractivity (Wildman–Crippen MR) is 74.1 cm³/mol. The Morgan fingerprint density at radius 1 is 1.00 bits per heavy atom. The van der Waals surface area contributed by atoms with Crippen molar-refractivity contribution < 1.29 is 5.11 Å². The molecule has 0 aromatic carbocycles. The highest BCUT2D eigenvalue weighted by atomic mass is 16.3. The molecular formula is C15H31NO. The fourth-order valence-electron chi connectivity index (χ4n) is 4.03. The van der Waals surface area contributed by atoms with Gasteiger partial charge in [-0.1, -0.05) is 41.5 Å². The van der Waals surface area contributed by atoms with E-state index >= 15 is 0 Å². The van der Waals surface area contributed by atoms with Crippen molar-refractivity contribution in [2.75, 3.05) is 13.2 Å². The molecule has 0 atom stereocenters. The van der Waals surface area contributed by atoms with Crippen molar-refractivity contribution in [3.05, 3.63) is 0 Å². The summed E-state index contributed by atoms with van der Waals surface area (Å²) in [7, 11) is 0. The summed E-state index contributed by atoms with van der Waals surface area (Å²) in [6.07, 6.45) is 3.39. The standard InChI is InChI=1S/C15H31NO/c1-12(2)7-16-15(11-17)9-13(3,4)8-14(5,6)10-15/h12,16-17H,7-11H2,1-6H3. The van der Waals surface area contributed by atoms with Crippen molar-refractivity contribution >= 4 is 0 Å². The maximum atomic E-state index is 9.86. The molecule has 1 aliphatic rings. The number of rotatable bonds is 4. The Labute approximate surface area is 107 Å². The molecule has 0 bridgehead atoms. The van der Waals surface area contributed by atoms with Crippen LogP contribution in [0.4, 0.5) is 0 Å². The summed E-state index contributed by atoms with van der Waals surface area (Å²) < 4.78 is 0. The topological polar surface area (TPSA) is 32.3 Å². The molecule has 1 saturated carbocycles. The van der Waals surface area contributed by atoms with Gasteiger partial charge in [-0.3, -0.25) is 0 Å². The number of aliphatic hydroxyl groups is 1. The first-order chi connectivity index (χ1) is 7.60. The summed E-state index contributed by atoms with van der Waals surface area (Å²) in [5.74, 6) is 0.631. The Balaban J connectivity index is 2.82. The van der Waals surface area contributed by atoms with Crippen LogP contribution in [0.1, 0.15) is 60.8 Å². The maximum absolute atomic E-state index is 9.86. The van der Waals surface area contributed by atoms with Crippen molar-refractivity contribution in [2.24, 2.45) is 16.7 Å². The van der Waals surface area contributed by atoms with Crippen molar-refractivity contribution in [3.8, 4) is 0 Å². The number of hydrogen-bond donors (Lipinski definition) is 2. The second-order valence-corrected chi connectivity index (χ2v) is 8.07. The van der Waals surface area contributed by atoms with Gasteiger partial charge >= 0.3 is 0 Å². The van der Waals surface area contributed by atoms with Crippen LogP contribution >= 0.6 is 0 Å². The van der Waals surface area contributed by atoms with Crippen LogP contribution in [0.5, 0.6) is 0 Å². The zero-order chi connectivity index (χ0) is 13.3. The van der Waals surface area contributed by atoms with Gasteiger partial charge in [-0.25, -0.2) is 0 Å². The minimum absolute atomic E-state index is 0.0739. The van der Waals surface area contributed by atoms with E-state index in [1.165, 1.54) is 6.42 Å². The summed E-state index contributed by atoms with van der Waals surface area (Å²) >= 11 is 0. The molecule has 0 heterocycles. The monoisotopic (exact) mass is 241 g/mol. The van der Waals surface area contributed by atoms with Crippen LogP contribution in [0, 0.1) is 16.7 Å². The molecule has 2 N–H and O–H groups in total. The van der Waals surface area contributed by atoms with Crippen LogP contribution in [-0.4, -0.2) is 23.8 Å². The van der Waals surface area contributed by atoms with Gasteiger partial charge in [-0.2, -0.15) is 0 Å². The molecule has 2 nitrogen and oxygen atoms in total. The van der Waals surface area contributed by atoms with E-state index in [4.69, 9.17) is 0 Å². The third kappa shape index (κ3) is 4.26. The van der Waals surface area contributed by atoms with Crippen LogP contribution < -0.4 is 5.32 Å². The van der Waals surface area contributed by atoms with Crippen molar-refractivity contribution in [3.63, 3.8) is 0 Å². The van der Waals surface area contributed by atoms with E-state index in [2.05, 4.69) is 46.9 Å². The molecular weight excluding hydrogens is 210 g/mol. The normalized spacial score (nSPS) is 26.1. The highest BCUT2D eigenvalue weighted by Gasteiger charge is 2.46. The lowest BCUT2D eigenvalue weighted by molar-refractivity contribution is -0.00433. The summed E-state index contributed by atoms with van der Waals surface area (Å²) in [4.78, 5) is 0. The first kappa shape index (κ1) is 15.0. The second kappa shape index (κ2) is 4.89. The molecule has 0 amide bonds. The van der Waals surface area contributed by atoms with E-state index in [9.17, 15) is 5.11 Å². The van der Waals surface area contributed by atoms with Gasteiger partial charge < -0.3 is 10.4 Å². The molecule has 0 spiro atoms. The van der Waals surface area contributed by atoms with Gasteiger partial charge in [0.15, 0.2) is 0 Å². The SMILES string of the molecule is CC(C)CNC1(CO)CC(C)(C)CC(C)(C)C1. The molecule has 0 unspecified atom stereocenters. The average Bonchev–Trinajstić information content (AvgIpc) is 2.10. The summed E-state index contributed by atoms with van der Waals surface area (Å²) in [6, 6.07) is 0. The quantitative estimate of drug-likeness (QED) is 0.792. The molecule has 0 saturated heterocycles. The second-order valence-electron chi connectivity index (χ2n) is 8.07. The highest BCUT2D eigenvalue weighted by molar-refractivity contribution is 5.02. The third-order valence-electron chi connectivity index (χ3n) is 3.78. The molecule has 1 rings (SSSR count). The van der Waals surface area contributed by atoms with Gasteiger partial charge in [0.2, 0.25) is 0 Å². The first-order valence-electron chi connectivity index (χ1n) is 6.96. The van der Waals surface area contributed by atoms with Crippen LogP contribution in [0.2, 0.25) is 0 Å². The molecule has 17 heavy (non-hydrogen) atoms. The molecule has 0 radical (unpaired) electrons. The Morgan fingerprint density at radius 3 is 1.82 bits per heavy atom. The molecule has 1 fully saturated rings. The average molecular weight is 241 g/mol. The van der Waals surface area contributed by atoms with Crippen LogP contribution in [0.3, 0.4) is 0 Å². The van der Waals surface area contributed by atoms with Crippen LogP contribution in [0.15, 0.2) is 0 Å². The third-order valence-corrected chi connectivity index (χ3v) is 3.78. The zero-order valence-electron chi connectivity index (χ0n) is 12.6. The minimum Gasteiger partial charge on any atom is -0.394 e. The van der Waals surface area contributed by atoms with E-state index in [1.54, 1.807) is 0 Å². The van der Waals surface area contributed by atoms with Crippen molar-refractivity contribution in [1.29, 1.82) is 0 Å². The van der Waals surface area contributed by atoms with Gasteiger partial charge in [0.1, 0.15) is 0 Å². The van der Waals surface area contributed by atoms with Crippen molar-refractivity contribution in [1.82, 2.24) is 5.32 Å². The minimum atomic E-state index is -0.0739. The number of aliphatic hydroxyl groups excluding tert-OH is 1. The molecule has 0 aromatic rings. The molecule has 0 aromatic heterocycles. The van der Waals surface area contributed by atoms with Gasteiger partial charge in [-0.05, 0) is 42.6 Å². The molecule has 2 heteroatoms. The lowest BCUT2D eigenvalue weighted by Gasteiger charge is -2.52. The Bertz CT molecular complexity index is 240. The van der Waals surface area contributed by atoms with Crippen LogP contribution in [0.25, 0.3) is 0 Å². The molecule has 1 aliphatic carbocycles. The highest BCUT2D eigenvalue weighted by Crippen LogP contribution is 2.49. The van der Waals surface area contributed by atoms with Gasteiger partial charge in [0.25, 0.3) is 0 Å². The lowest BCUT2D eigenvalue weighted by atomic mass is 9.58. The fourth-order valence-corrected chi connectivity index (χ4v) is 4.03. The maximum Gasteiger partial charge on any atom is 0.0613 e. The number of nitrogens with one attached hydrogen (secondary N) is 1. The predicted octanol–water partition coefficient (Wildman–Crippen LogP) is 3.20. The lowest BCUT2D eigenvalue weighted by Crippen LogP contribution is -2.58. The largest absolute Gasteiger partial charge is 0.394 e. The van der Waals surface area contributed by atoms with E-state index in [1.807, 2.05) is 0 Å². The van der Waals surface area contributed by atoms with E-state index in [-0.39, 0.29) is 12.1 Å².